The standard InChI is InChI=1S/C16H10N4O3/c17-9-11-8-13(10-3-1-4-12(7-10)20(21)22)15(19-16(11)18)14-5-2-6-23-14/h1-8H,(H2,18,19). The summed E-state index contributed by atoms with van der Waals surface area (Å²) in [6.07, 6.45) is 1.49. The van der Waals surface area contributed by atoms with Gasteiger partial charge in [0, 0.05) is 17.7 Å². The molecule has 3 aromatic rings. The summed E-state index contributed by atoms with van der Waals surface area (Å²) < 4.78 is 5.35. The molecule has 0 spiro atoms. The number of rotatable bonds is 3. The Morgan fingerprint density at radius 1 is 1.26 bits per heavy atom. The van der Waals surface area contributed by atoms with Crippen LogP contribution in [0.1, 0.15) is 5.56 Å². The Balaban J connectivity index is 2.27. The van der Waals surface area contributed by atoms with E-state index in [1.165, 1.54) is 18.4 Å². The predicted molar refractivity (Wildman–Crippen MR) is 83.2 cm³/mol. The monoisotopic (exact) mass is 306 g/mol. The smallest absolute Gasteiger partial charge is 0.270 e. The number of nitrogen functional groups attached to an aromatic ring is 1. The molecule has 0 saturated carbocycles. The van der Waals surface area contributed by atoms with Crippen LogP contribution >= 0.6 is 0 Å². The molecule has 0 unspecified atom stereocenters. The summed E-state index contributed by atoms with van der Waals surface area (Å²) in [4.78, 5) is 14.7. The number of hydrogen-bond acceptors (Lipinski definition) is 6. The van der Waals surface area contributed by atoms with E-state index in [-0.39, 0.29) is 17.1 Å². The van der Waals surface area contributed by atoms with E-state index < -0.39 is 4.92 Å². The van der Waals surface area contributed by atoms with Crippen molar-refractivity contribution in [3.05, 3.63) is 64.4 Å². The molecule has 3 rings (SSSR count). The summed E-state index contributed by atoms with van der Waals surface area (Å²) in [7, 11) is 0. The maximum atomic E-state index is 11.0. The highest BCUT2D eigenvalue weighted by molar-refractivity contribution is 5.82. The number of furan rings is 1. The van der Waals surface area contributed by atoms with Gasteiger partial charge in [-0.05, 0) is 23.8 Å². The van der Waals surface area contributed by atoms with Gasteiger partial charge in [-0.3, -0.25) is 10.1 Å². The van der Waals surface area contributed by atoms with Gasteiger partial charge in [0.15, 0.2) is 5.76 Å². The van der Waals surface area contributed by atoms with Crippen molar-refractivity contribution in [1.82, 2.24) is 4.98 Å². The van der Waals surface area contributed by atoms with Gasteiger partial charge in [0.05, 0.1) is 16.7 Å². The zero-order valence-corrected chi connectivity index (χ0v) is 11.8. The molecule has 0 radical (unpaired) electrons. The van der Waals surface area contributed by atoms with E-state index in [4.69, 9.17) is 15.4 Å². The molecule has 1 aromatic carbocycles. The summed E-state index contributed by atoms with van der Waals surface area (Å²) >= 11 is 0. The highest BCUT2D eigenvalue weighted by atomic mass is 16.6. The Morgan fingerprint density at radius 2 is 2.09 bits per heavy atom. The third-order valence-electron chi connectivity index (χ3n) is 3.30. The lowest BCUT2D eigenvalue weighted by Gasteiger charge is -2.09. The molecule has 0 saturated heterocycles. The van der Waals surface area contributed by atoms with Crippen LogP contribution in [0.15, 0.2) is 53.1 Å². The van der Waals surface area contributed by atoms with Crippen molar-refractivity contribution in [2.24, 2.45) is 0 Å². The first-order valence-electron chi connectivity index (χ1n) is 6.59. The molecule has 7 heteroatoms. The van der Waals surface area contributed by atoms with Gasteiger partial charge in [-0.25, -0.2) is 4.98 Å². The average molecular weight is 306 g/mol. The normalized spacial score (nSPS) is 10.2. The van der Waals surface area contributed by atoms with E-state index >= 15 is 0 Å². The van der Waals surface area contributed by atoms with Crippen LogP contribution in [0.5, 0.6) is 0 Å². The summed E-state index contributed by atoms with van der Waals surface area (Å²) in [5, 5.41) is 20.1. The molecule has 2 N–H and O–H groups in total. The molecule has 2 aromatic heterocycles. The fourth-order valence-electron chi connectivity index (χ4n) is 2.23. The number of nitro benzene ring substituents is 1. The van der Waals surface area contributed by atoms with Crippen LogP contribution in [0, 0.1) is 21.4 Å². The van der Waals surface area contributed by atoms with E-state index in [1.54, 1.807) is 30.3 Å². The van der Waals surface area contributed by atoms with Crippen LogP contribution in [0.2, 0.25) is 0 Å². The molecular formula is C16H10N4O3. The second-order valence-corrected chi connectivity index (χ2v) is 4.71. The molecule has 7 nitrogen and oxygen atoms in total. The van der Waals surface area contributed by atoms with E-state index in [9.17, 15) is 10.1 Å². The average Bonchev–Trinajstić information content (AvgIpc) is 3.09. The molecule has 0 amide bonds. The van der Waals surface area contributed by atoms with Crippen LogP contribution in [-0.4, -0.2) is 9.91 Å². The van der Waals surface area contributed by atoms with E-state index in [0.717, 1.165) is 0 Å². The van der Waals surface area contributed by atoms with Crippen LogP contribution in [0.25, 0.3) is 22.6 Å². The fourth-order valence-corrected chi connectivity index (χ4v) is 2.23. The number of anilines is 1. The highest BCUT2D eigenvalue weighted by Crippen LogP contribution is 2.34. The lowest BCUT2D eigenvalue weighted by molar-refractivity contribution is -0.384. The minimum atomic E-state index is -0.480. The Labute approximate surface area is 130 Å². The second kappa shape index (κ2) is 5.61. The summed E-state index contributed by atoms with van der Waals surface area (Å²) in [6, 6.07) is 13.0. The summed E-state index contributed by atoms with van der Waals surface area (Å²) in [6.45, 7) is 0. The minimum Gasteiger partial charge on any atom is -0.463 e. The first kappa shape index (κ1) is 14.3. The van der Waals surface area contributed by atoms with E-state index in [0.29, 0.717) is 22.6 Å². The molecule has 0 aliphatic carbocycles. The molecule has 0 aliphatic heterocycles. The third-order valence-corrected chi connectivity index (χ3v) is 3.30. The Hall–Kier alpha value is -3.66. The van der Waals surface area contributed by atoms with Gasteiger partial charge in [-0.1, -0.05) is 12.1 Å². The van der Waals surface area contributed by atoms with Crippen molar-refractivity contribution < 1.29 is 9.34 Å². The van der Waals surface area contributed by atoms with Crippen molar-refractivity contribution in [2.45, 2.75) is 0 Å². The molecule has 0 aliphatic rings. The SMILES string of the molecule is N#Cc1cc(-c2cccc([N+](=O)[O-])c2)c(-c2ccco2)nc1N. The van der Waals surface area contributed by atoms with Crippen LogP contribution < -0.4 is 5.73 Å². The summed E-state index contributed by atoms with van der Waals surface area (Å²) in [5.41, 5.74) is 7.43. The topological polar surface area (TPSA) is 119 Å². The number of non-ortho nitro benzene ring substituents is 1. The van der Waals surface area contributed by atoms with Crippen LogP contribution in [-0.2, 0) is 0 Å². The molecule has 23 heavy (non-hydrogen) atoms. The van der Waals surface area contributed by atoms with Gasteiger partial charge in [0.25, 0.3) is 5.69 Å². The lowest BCUT2D eigenvalue weighted by atomic mass is 10.00. The first-order valence-corrected chi connectivity index (χ1v) is 6.59. The highest BCUT2D eigenvalue weighted by Gasteiger charge is 2.17. The molecular weight excluding hydrogens is 296 g/mol. The van der Waals surface area contributed by atoms with Gasteiger partial charge in [0.1, 0.15) is 17.6 Å². The number of nitro groups is 1. The molecule has 2 heterocycles. The number of nitrogens with two attached hydrogens (primary N) is 1. The number of nitrogens with zero attached hydrogens (tertiary/aromatic N) is 3. The Bertz CT molecular complexity index is 927. The number of aromatic nitrogens is 1. The van der Waals surface area contributed by atoms with Gasteiger partial charge >= 0.3 is 0 Å². The fraction of sp³-hybridized carbons (Fsp3) is 0. The minimum absolute atomic E-state index is 0.0526. The quantitative estimate of drug-likeness (QED) is 0.585. The predicted octanol–water partition coefficient (Wildman–Crippen LogP) is 3.37. The van der Waals surface area contributed by atoms with Crippen LogP contribution in [0.4, 0.5) is 11.5 Å². The lowest BCUT2D eigenvalue weighted by Crippen LogP contribution is -1.99. The van der Waals surface area contributed by atoms with Crippen molar-refractivity contribution in [1.29, 1.82) is 5.26 Å². The van der Waals surface area contributed by atoms with E-state index in [2.05, 4.69) is 4.98 Å². The zero-order valence-electron chi connectivity index (χ0n) is 11.8. The third kappa shape index (κ3) is 2.61. The van der Waals surface area contributed by atoms with Crippen LogP contribution in [0.3, 0.4) is 0 Å². The molecule has 112 valence electrons. The Kier molecular flexibility index (Phi) is 3.49. The largest absolute Gasteiger partial charge is 0.463 e. The maximum absolute atomic E-state index is 11.0. The first-order chi connectivity index (χ1) is 11.1. The van der Waals surface area contributed by atoms with E-state index in [1.807, 2.05) is 6.07 Å². The van der Waals surface area contributed by atoms with Gasteiger partial charge < -0.3 is 10.2 Å². The second-order valence-electron chi connectivity index (χ2n) is 4.71. The van der Waals surface area contributed by atoms with Crippen molar-refractivity contribution in [3.8, 4) is 28.7 Å². The number of nitriles is 1. The number of benzene rings is 1. The molecule has 0 atom stereocenters. The van der Waals surface area contributed by atoms with Crippen molar-refractivity contribution in [2.75, 3.05) is 5.73 Å². The number of pyridine rings is 1. The van der Waals surface area contributed by atoms with Gasteiger partial charge in [-0.15, -0.1) is 0 Å². The van der Waals surface area contributed by atoms with Gasteiger partial charge in [-0.2, -0.15) is 5.26 Å². The van der Waals surface area contributed by atoms with Crippen molar-refractivity contribution in [3.63, 3.8) is 0 Å². The molecule has 0 bridgehead atoms. The maximum Gasteiger partial charge on any atom is 0.270 e. The number of hydrogen-bond donors (Lipinski definition) is 1. The molecule has 0 fully saturated rings. The Morgan fingerprint density at radius 3 is 2.74 bits per heavy atom. The van der Waals surface area contributed by atoms with Crippen molar-refractivity contribution >= 4 is 11.5 Å². The van der Waals surface area contributed by atoms with Gasteiger partial charge in [0.2, 0.25) is 0 Å². The summed E-state index contributed by atoms with van der Waals surface area (Å²) in [5.74, 6) is 0.538. The zero-order chi connectivity index (χ0) is 16.4.